The van der Waals surface area contributed by atoms with Crippen molar-refractivity contribution in [1.82, 2.24) is 14.3 Å². The summed E-state index contributed by atoms with van der Waals surface area (Å²) in [5.41, 5.74) is 1.50. The summed E-state index contributed by atoms with van der Waals surface area (Å²) in [6, 6.07) is 17.8. The van der Waals surface area contributed by atoms with Crippen LogP contribution in [0.1, 0.15) is 11.1 Å². The molecule has 0 aliphatic carbocycles. The molecule has 0 saturated heterocycles. The van der Waals surface area contributed by atoms with Crippen LogP contribution >= 0.6 is 0 Å². The van der Waals surface area contributed by atoms with Gasteiger partial charge >= 0.3 is 10.3 Å². The van der Waals surface area contributed by atoms with E-state index < -0.39 is 16.1 Å². The molecule has 0 radical (unpaired) electrons. The number of hydrogen-bond acceptors (Lipinski definition) is 6. The number of hydrogen-bond donors (Lipinski definition) is 3. The van der Waals surface area contributed by atoms with Gasteiger partial charge in [-0.05, 0) is 35.4 Å². The number of nitrogens with zero attached hydrogens (tertiary/aromatic N) is 2. The first-order chi connectivity index (χ1) is 16.8. The summed E-state index contributed by atoms with van der Waals surface area (Å²) in [7, 11) is -4.29. The van der Waals surface area contributed by atoms with Crippen LogP contribution in [0.3, 0.4) is 0 Å². The normalized spacial score (nSPS) is 11.8. The van der Waals surface area contributed by atoms with Crippen molar-refractivity contribution in [3.63, 3.8) is 0 Å². The summed E-state index contributed by atoms with van der Waals surface area (Å²) in [4.78, 5) is 4.15. The third kappa shape index (κ3) is 4.48. The van der Waals surface area contributed by atoms with Crippen LogP contribution in [0, 0.1) is 5.82 Å². The van der Waals surface area contributed by atoms with E-state index >= 15 is 0 Å². The first-order valence-electron chi connectivity index (χ1n) is 10.6. The lowest BCUT2D eigenvalue weighted by Gasteiger charge is -2.12. The molecule has 10 heteroatoms. The van der Waals surface area contributed by atoms with E-state index in [9.17, 15) is 23.0 Å². The van der Waals surface area contributed by atoms with Crippen molar-refractivity contribution in [1.29, 1.82) is 0 Å². The number of benzene rings is 3. The molecule has 0 bridgehead atoms. The molecule has 0 aliphatic rings. The minimum Gasteiger partial charge on any atom is -0.505 e. The Balaban J connectivity index is 1.59. The molecule has 0 atom stereocenters. The summed E-state index contributed by atoms with van der Waals surface area (Å²) >= 11 is 0. The molecule has 0 unspecified atom stereocenters. The van der Waals surface area contributed by atoms with Gasteiger partial charge in [0.15, 0.2) is 11.5 Å². The fourth-order valence-electron chi connectivity index (χ4n) is 3.90. The van der Waals surface area contributed by atoms with Gasteiger partial charge in [0.1, 0.15) is 11.3 Å². The molecule has 0 saturated carbocycles. The zero-order chi connectivity index (χ0) is 24.6. The second kappa shape index (κ2) is 8.90. The van der Waals surface area contributed by atoms with Gasteiger partial charge < -0.3 is 19.0 Å². The predicted octanol–water partition coefficient (Wildman–Crippen LogP) is 4.20. The molecular weight excluding hydrogens is 473 g/mol. The highest BCUT2D eigenvalue weighted by atomic mass is 32.2. The van der Waals surface area contributed by atoms with E-state index in [0.29, 0.717) is 5.56 Å². The minimum absolute atomic E-state index is 0.00780. The lowest BCUT2D eigenvalue weighted by atomic mass is 10.1. The Kier molecular flexibility index (Phi) is 5.75. The maximum absolute atomic E-state index is 13.3. The lowest BCUT2D eigenvalue weighted by molar-refractivity contribution is 0.425. The topological polar surface area (TPSA) is 114 Å². The summed E-state index contributed by atoms with van der Waals surface area (Å²) in [6.45, 7) is 0.153. The molecule has 2 aromatic heterocycles. The van der Waals surface area contributed by atoms with Gasteiger partial charge in [-0.2, -0.15) is 13.1 Å². The molecule has 0 fully saturated rings. The van der Waals surface area contributed by atoms with Crippen LogP contribution in [0.25, 0.3) is 21.7 Å². The van der Waals surface area contributed by atoms with E-state index in [2.05, 4.69) is 9.71 Å². The minimum atomic E-state index is -4.29. The van der Waals surface area contributed by atoms with Gasteiger partial charge in [0.25, 0.3) is 0 Å². The monoisotopic (exact) mass is 493 g/mol. The molecule has 35 heavy (non-hydrogen) atoms. The van der Waals surface area contributed by atoms with Crippen LogP contribution in [0.2, 0.25) is 0 Å². The highest BCUT2D eigenvalue weighted by molar-refractivity contribution is 7.85. The molecule has 8 nitrogen and oxygen atoms in total. The maximum atomic E-state index is 13.3. The molecule has 178 valence electrons. The summed E-state index contributed by atoms with van der Waals surface area (Å²) < 4.78 is 48.3. The molecule has 0 spiro atoms. The van der Waals surface area contributed by atoms with Gasteiger partial charge in [-0.1, -0.05) is 42.5 Å². The van der Waals surface area contributed by atoms with Crippen molar-refractivity contribution in [2.75, 3.05) is 0 Å². The van der Waals surface area contributed by atoms with Gasteiger partial charge in [0.05, 0.1) is 17.3 Å². The van der Waals surface area contributed by atoms with Crippen molar-refractivity contribution in [2.24, 2.45) is 0 Å². The van der Waals surface area contributed by atoms with Gasteiger partial charge in [0, 0.05) is 24.3 Å². The number of phenolic OH excluding ortho intramolecular Hbond substituents is 1. The van der Waals surface area contributed by atoms with E-state index in [1.165, 1.54) is 29.1 Å². The Morgan fingerprint density at radius 3 is 2.43 bits per heavy atom. The number of halogens is 1. The zero-order valence-corrected chi connectivity index (χ0v) is 19.0. The first kappa shape index (κ1) is 22.6. The molecule has 0 aliphatic heterocycles. The van der Waals surface area contributed by atoms with E-state index in [4.69, 9.17) is 4.18 Å². The average Bonchev–Trinajstić information content (AvgIpc) is 3.18. The Labute approximate surface area is 200 Å². The first-order valence-corrected chi connectivity index (χ1v) is 12.0. The molecule has 3 aromatic carbocycles. The van der Waals surface area contributed by atoms with Crippen molar-refractivity contribution >= 4 is 32.0 Å². The predicted molar refractivity (Wildman–Crippen MR) is 129 cm³/mol. The highest BCUT2D eigenvalue weighted by Gasteiger charge is 2.25. The molecular formula is C25H20FN3O5S. The largest absolute Gasteiger partial charge is 0.505 e. The van der Waals surface area contributed by atoms with Crippen molar-refractivity contribution in [3.05, 3.63) is 96.1 Å². The Morgan fingerprint density at radius 1 is 0.943 bits per heavy atom. The second-order valence-corrected chi connectivity index (χ2v) is 9.28. The lowest BCUT2D eigenvalue weighted by Crippen LogP contribution is -2.28. The molecule has 3 N–H and O–H groups in total. The van der Waals surface area contributed by atoms with Gasteiger partial charge in [-0.15, -0.1) is 0 Å². The number of rotatable bonds is 7. The van der Waals surface area contributed by atoms with E-state index in [0.717, 1.165) is 5.56 Å². The summed E-state index contributed by atoms with van der Waals surface area (Å²) in [5, 5.41) is 22.2. The number of aromatic nitrogens is 2. The third-order valence-electron chi connectivity index (χ3n) is 5.56. The number of phenols is 1. The van der Waals surface area contributed by atoms with Crippen LogP contribution in [-0.4, -0.2) is 28.2 Å². The zero-order valence-electron chi connectivity index (χ0n) is 18.2. The number of fused-ring (bicyclic) bond motifs is 2. The molecule has 0 amide bonds. The van der Waals surface area contributed by atoms with Gasteiger partial charge in [0.2, 0.25) is 5.88 Å². The smallest absolute Gasteiger partial charge is 0.382 e. The summed E-state index contributed by atoms with van der Waals surface area (Å²) in [5.74, 6) is -1.11. The Bertz CT molecular complexity index is 1640. The number of nitrogens with one attached hydrogen (secondary N) is 1. The van der Waals surface area contributed by atoms with Crippen molar-refractivity contribution in [3.8, 4) is 17.4 Å². The van der Waals surface area contributed by atoms with Gasteiger partial charge in [-0.25, -0.2) is 4.39 Å². The number of pyridine rings is 1. The molecule has 5 rings (SSSR count). The van der Waals surface area contributed by atoms with E-state index in [-0.39, 0.29) is 52.1 Å². The van der Waals surface area contributed by atoms with E-state index in [1.807, 2.05) is 6.07 Å². The van der Waals surface area contributed by atoms with E-state index in [1.54, 1.807) is 48.5 Å². The number of aromatic hydroxyl groups is 2. The summed E-state index contributed by atoms with van der Waals surface area (Å²) in [6.07, 6.45) is 2.91. The van der Waals surface area contributed by atoms with Crippen LogP contribution in [0.5, 0.6) is 17.4 Å². The average molecular weight is 494 g/mol. The SMILES string of the molecule is O=S(=O)(NCc1ccccc1)Oc1c2cccnc2c(O)c2c(O)n(Cc3ccc(F)cc3)cc12. The molecule has 5 aromatic rings. The standard InChI is InChI=1S/C25H20FN3O5S/c26-18-10-8-17(9-11-18)14-29-15-20-21(25(29)31)23(30)22-19(7-4-12-27-22)24(20)34-35(32,33)28-13-16-5-2-1-3-6-16/h1-12,15,28,30-31H,13-14H2. The Morgan fingerprint density at radius 2 is 1.69 bits per heavy atom. The fourth-order valence-corrected chi connectivity index (χ4v) is 4.70. The quantitative estimate of drug-likeness (QED) is 0.313. The fraction of sp³-hybridized carbons (Fsp3) is 0.0800. The van der Waals surface area contributed by atoms with Crippen LogP contribution in [-0.2, 0) is 23.4 Å². The highest BCUT2D eigenvalue weighted by Crippen LogP contribution is 2.46. The van der Waals surface area contributed by atoms with Crippen LogP contribution < -0.4 is 8.91 Å². The van der Waals surface area contributed by atoms with Crippen molar-refractivity contribution < 1.29 is 27.2 Å². The maximum Gasteiger partial charge on any atom is 0.382 e. The van der Waals surface area contributed by atoms with Crippen LogP contribution in [0.4, 0.5) is 4.39 Å². The molecule has 2 heterocycles. The van der Waals surface area contributed by atoms with Gasteiger partial charge in [-0.3, -0.25) is 4.98 Å². The van der Waals surface area contributed by atoms with Crippen molar-refractivity contribution in [2.45, 2.75) is 13.1 Å². The second-order valence-electron chi connectivity index (χ2n) is 7.92. The third-order valence-corrected chi connectivity index (χ3v) is 6.45. The van der Waals surface area contributed by atoms with Crippen LogP contribution in [0.15, 0.2) is 79.1 Å². The Hall–Kier alpha value is -4.15.